The monoisotopic (exact) mass is 383 g/mol. The van der Waals surface area contributed by atoms with Gasteiger partial charge in [-0.05, 0) is 54.9 Å². The Morgan fingerprint density at radius 2 is 1.78 bits per heavy atom. The van der Waals surface area contributed by atoms with Gasteiger partial charge in [0.1, 0.15) is 17.3 Å². The number of hydrogen-bond donors (Lipinski definition) is 1. The first-order chi connectivity index (χ1) is 13.1. The highest BCUT2D eigenvalue weighted by molar-refractivity contribution is 6.28. The van der Waals surface area contributed by atoms with Crippen molar-refractivity contribution in [3.05, 3.63) is 71.6 Å². The maximum atomic E-state index is 11.8. The summed E-state index contributed by atoms with van der Waals surface area (Å²) in [7, 11) is 0. The van der Waals surface area contributed by atoms with Crippen LogP contribution in [-0.4, -0.2) is 22.5 Å². The van der Waals surface area contributed by atoms with E-state index in [1.54, 1.807) is 6.92 Å². The fourth-order valence-electron chi connectivity index (χ4n) is 2.36. The van der Waals surface area contributed by atoms with Gasteiger partial charge in [0.15, 0.2) is 0 Å². The van der Waals surface area contributed by atoms with E-state index in [-0.39, 0.29) is 17.7 Å². The molecular weight excluding hydrogens is 366 g/mol. The first-order valence-corrected chi connectivity index (χ1v) is 8.79. The predicted octanol–water partition coefficient (Wildman–Crippen LogP) is 4.77. The number of aromatic nitrogens is 2. The number of carbonyl (C=O) groups is 1. The van der Waals surface area contributed by atoms with Crippen LogP contribution in [0.4, 0.5) is 11.5 Å². The number of rotatable bonds is 7. The highest BCUT2D eigenvalue weighted by Gasteiger charge is 2.12. The zero-order valence-electron chi connectivity index (χ0n) is 14.7. The Kier molecular flexibility index (Phi) is 6.22. The van der Waals surface area contributed by atoms with Gasteiger partial charge in [-0.15, -0.1) is 0 Å². The molecule has 0 atom stereocenters. The van der Waals surface area contributed by atoms with Gasteiger partial charge in [0, 0.05) is 17.4 Å². The second-order valence-electron chi connectivity index (χ2n) is 5.56. The van der Waals surface area contributed by atoms with Gasteiger partial charge in [-0.1, -0.05) is 18.2 Å². The average Bonchev–Trinajstić information content (AvgIpc) is 2.67. The molecule has 0 aliphatic carbocycles. The Hall–Kier alpha value is -3.12. The van der Waals surface area contributed by atoms with Gasteiger partial charge in [-0.2, -0.15) is 0 Å². The molecule has 0 saturated carbocycles. The van der Waals surface area contributed by atoms with Gasteiger partial charge in [-0.25, -0.2) is 9.97 Å². The Bertz CT molecular complexity index is 902. The summed E-state index contributed by atoms with van der Waals surface area (Å²) in [4.78, 5) is 19.9. The summed E-state index contributed by atoms with van der Waals surface area (Å²) >= 11 is 5.90. The fourth-order valence-corrected chi connectivity index (χ4v) is 2.49. The van der Waals surface area contributed by atoms with Crippen LogP contribution in [0.1, 0.15) is 12.5 Å². The summed E-state index contributed by atoms with van der Waals surface area (Å²) < 4.78 is 10.8. The van der Waals surface area contributed by atoms with E-state index < -0.39 is 0 Å². The molecule has 0 aliphatic rings. The molecule has 1 heterocycles. The van der Waals surface area contributed by atoms with Gasteiger partial charge in [0.05, 0.1) is 13.0 Å². The molecule has 0 unspecified atom stereocenters. The molecule has 0 aliphatic heterocycles. The van der Waals surface area contributed by atoms with Gasteiger partial charge in [0.25, 0.3) is 0 Å². The number of esters is 1. The lowest BCUT2D eigenvalue weighted by molar-refractivity contribution is -0.142. The van der Waals surface area contributed by atoms with Gasteiger partial charge in [0.2, 0.25) is 5.28 Å². The van der Waals surface area contributed by atoms with Crippen molar-refractivity contribution >= 4 is 29.1 Å². The van der Waals surface area contributed by atoms with Crippen LogP contribution < -0.4 is 10.1 Å². The lowest BCUT2D eigenvalue weighted by Gasteiger charge is -2.11. The number of ether oxygens (including phenoxy) is 2. The topological polar surface area (TPSA) is 73.3 Å². The molecule has 0 spiro atoms. The van der Waals surface area contributed by atoms with Crippen LogP contribution in [0.3, 0.4) is 0 Å². The summed E-state index contributed by atoms with van der Waals surface area (Å²) in [5.41, 5.74) is 1.37. The fraction of sp³-hybridized carbons (Fsp3) is 0.150. The molecule has 2 aromatic carbocycles. The van der Waals surface area contributed by atoms with Crippen molar-refractivity contribution in [2.75, 3.05) is 11.9 Å². The Morgan fingerprint density at radius 1 is 1.07 bits per heavy atom. The third-order valence-electron chi connectivity index (χ3n) is 3.57. The number of nitrogens with zero attached hydrogens (tertiary/aromatic N) is 2. The molecule has 0 amide bonds. The smallest absolute Gasteiger partial charge is 0.310 e. The average molecular weight is 384 g/mol. The maximum Gasteiger partial charge on any atom is 0.310 e. The minimum absolute atomic E-state index is 0.0581. The van der Waals surface area contributed by atoms with Crippen LogP contribution in [0, 0.1) is 0 Å². The molecule has 0 fully saturated rings. The molecule has 1 aromatic heterocycles. The summed E-state index contributed by atoms with van der Waals surface area (Å²) in [6.45, 7) is 2.08. The largest absolute Gasteiger partial charge is 0.466 e. The highest BCUT2D eigenvalue weighted by Crippen LogP contribution is 2.25. The molecule has 0 bridgehead atoms. The van der Waals surface area contributed by atoms with E-state index in [2.05, 4.69) is 15.3 Å². The van der Waals surface area contributed by atoms with E-state index >= 15 is 0 Å². The highest BCUT2D eigenvalue weighted by atomic mass is 35.5. The van der Waals surface area contributed by atoms with Crippen molar-refractivity contribution in [2.24, 2.45) is 0 Å². The number of nitrogens with one attached hydrogen (secondary N) is 1. The van der Waals surface area contributed by atoms with E-state index in [9.17, 15) is 4.79 Å². The van der Waals surface area contributed by atoms with Crippen molar-refractivity contribution in [3.63, 3.8) is 0 Å². The van der Waals surface area contributed by atoms with Crippen LogP contribution in [0.15, 0.2) is 60.8 Å². The van der Waals surface area contributed by atoms with Crippen molar-refractivity contribution in [2.45, 2.75) is 13.3 Å². The molecule has 3 aromatic rings. The second-order valence-corrected chi connectivity index (χ2v) is 5.90. The summed E-state index contributed by atoms with van der Waals surface area (Å²) in [6.07, 6.45) is 1.57. The minimum Gasteiger partial charge on any atom is -0.466 e. The van der Waals surface area contributed by atoms with Crippen LogP contribution in [0.2, 0.25) is 5.28 Å². The summed E-state index contributed by atoms with van der Waals surface area (Å²) in [5, 5.41) is 3.24. The summed E-state index contributed by atoms with van der Waals surface area (Å²) in [5.74, 6) is 1.58. The van der Waals surface area contributed by atoms with Crippen molar-refractivity contribution in [1.29, 1.82) is 0 Å². The van der Waals surface area contributed by atoms with E-state index in [1.807, 2.05) is 54.6 Å². The zero-order chi connectivity index (χ0) is 19.1. The predicted molar refractivity (Wildman–Crippen MR) is 104 cm³/mol. The first kappa shape index (κ1) is 18.7. The molecular formula is C20H18ClN3O3. The number of para-hydroxylation sites is 1. The van der Waals surface area contributed by atoms with Gasteiger partial charge >= 0.3 is 5.97 Å². The third-order valence-corrected chi connectivity index (χ3v) is 3.75. The Morgan fingerprint density at radius 3 is 2.48 bits per heavy atom. The lowest BCUT2D eigenvalue weighted by Crippen LogP contribution is -2.10. The number of carbonyl (C=O) groups excluding carboxylic acids is 1. The van der Waals surface area contributed by atoms with Crippen molar-refractivity contribution in [1.82, 2.24) is 9.97 Å². The number of hydrogen-bond acceptors (Lipinski definition) is 6. The molecule has 1 N–H and O–H groups in total. The lowest BCUT2D eigenvalue weighted by atomic mass is 10.2. The zero-order valence-corrected chi connectivity index (χ0v) is 15.4. The van der Waals surface area contributed by atoms with E-state index in [0.717, 1.165) is 11.4 Å². The Labute approximate surface area is 162 Å². The van der Waals surface area contributed by atoms with E-state index in [0.29, 0.717) is 23.7 Å². The van der Waals surface area contributed by atoms with Crippen LogP contribution in [0.5, 0.6) is 11.5 Å². The van der Waals surface area contributed by atoms with Crippen molar-refractivity contribution in [3.8, 4) is 11.5 Å². The SMILES string of the molecule is CCOC(=O)Cc1cnc(Cl)nc1Nc1ccc(Oc2ccccc2)cc1. The van der Waals surface area contributed by atoms with E-state index in [4.69, 9.17) is 21.1 Å². The maximum absolute atomic E-state index is 11.8. The van der Waals surface area contributed by atoms with Crippen LogP contribution in [0.25, 0.3) is 0 Å². The number of anilines is 2. The number of halogens is 1. The molecule has 138 valence electrons. The first-order valence-electron chi connectivity index (χ1n) is 8.41. The van der Waals surface area contributed by atoms with Gasteiger partial charge < -0.3 is 14.8 Å². The minimum atomic E-state index is -0.349. The quantitative estimate of drug-likeness (QED) is 0.468. The van der Waals surface area contributed by atoms with E-state index in [1.165, 1.54) is 6.20 Å². The summed E-state index contributed by atoms with van der Waals surface area (Å²) in [6, 6.07) is 16.9. The van der Waals surface area contributed by atoms with Crippen molar-refractivity contribution < 1.29 is 14.3 Å². The number of benzene rings is 2. The Balaban J connectivity index is 1.73. The molecule has 6 nitrogen and oxygen atoms in total. The standard InChI is InChI=1S/C20H18ClN3O3/c1-2-26-18(25)12-14-13-22-20(21)24-19(14)23-15-8-10-17(11-9-15)27-16-6-4-3-5-7-16/h3-11,13H,2,12H2,1H3,(H,22,23,24). The molecule has 0 radical (unpaired) electrons. The van der Waals surface area contributed by atoms with Gasteiger partial charge in [-0.3, -0.25) is 4.79 Å². The molecule has 0 saturated heterocycles. The van der Waals surface area contributed by atoms with Crippen LogP contribution in [-0.2, 0) is 16.0 Å². The normalized spacial score (nSPS) is 10.3. The molecule has 3 rings (SSSR count). The second kappa shape index (κ2) is 9.00. The molecule has 7 heteroatoms. The molecule has 27 heavy (non-hydrogen) atoms. The van der Waals surface area contributed by atoms with Crippen LogP contribution >= 0.6 is 11.6 Å². The third kappa shape index (κ3) is 5.43.